The van der Waals surface area contributed by atoms with Crippen LogP contribution in [0.15, 0.2) is 92.2 Å². The van der Waals surface area contributed by atoms with Crippen molar-refractivity contribution in [2.45, 2.75) is 0 Å². The number of fused-ring (bicyclic) bond motifs is 1. The lowest BCUT2D eigenvalue weighted by Gasteiger charge is -2.07. The van der Waals surface area contributed by atoms with Crippen molar-refractivity contribution in [1.29, 1.82) is 0 Å². The third-order valence-electron chi connectivity index (χ3n) is 5.20. The minimum Gasteiger partial charge on any atom is -0.457 e. The Kier molecular flexibility index (Phi) is 7.43. The lowest BCUT2D eigenvalue weighted by molar-refractivity contribution is -0.115. The van der Waals surface area contributed by atoms with E-state index in [-0.39, 0.29) is 5.11 Å². The average molecular weight is 613 g/mol. The Morgan fingerprint density at radius 3 is 2.57 bits per heavy atom. The summed E-state index contributed by atoms with van der Waals surface area (Å²) in [4.78, 5) is 16.9. The van der Waals surface area contributed by atoms with Crippen LogP contribution in [0.5, 0.6) is 0 Å². The number of thiocarbonyl (C=S) groups is 1. The molecule has 0 aliphatic rings. The zero-order valence-corrected chi connectivity index (χ0v) is 22.7. The number of nitrogens with zero attached hydrogens (tertiary/aromatic N) is 1. The van der Waals surface area contributed by atoms with Crippen molar-refractivity contribution in [2.24, 2.45) is 0 Å². The van der Waals surface area contributed by atoms with Crippen LogP contribution in [0.2, 0.25) is 10.0 Å². The van der Waals surface area contributed by atoms with Gasteiger partial charge < -0.3 is 14.2 Å². The molecule has 1 amide bonds. The second-order valence-corrected chi connectivity index (χ2v) is 9.98. The molecule has 0 spiro atoms. The Morgan fingerprint density at radius 1 is 0.973 bits per heavy atom. The largest absolute Gasteiger partial charge is 0.457 e. The summed E-state index contributed by atoms with van der Waals surface area (Å²) in [5.74, 6) is 1.14. The number of hydrogen-bond acceptors (Lipinski definition) is 5. The van der Waals surface area contributed by atoms with Crippen molar-refractivity contribution in [3.05, 3.63) is 99.2 Å². The third kappa shape index (κ3) is 6.11. The van der Waals surface area contributed by atoms with Gasteiger partial charge in [0.15, 0.2) is 10.7 Å². The number of oxazole rings is 1. The minimum absolute atomic E-state index is 0.138. The number of carbonyl (C=O) groups is 1. The predicted octanol–water partition coefficient (Wildman–Crippen LogP) is 8.35. The molecule has 37 heavy (non-hydrogen) atoms. The van der Waals surface area contributed by atoms with Crippen LogP contribution in [0.3, 0.4) is 0 Å². The smallest absolute Gasteiger partial charge is 0.250 e. The summed E-state index contributed by atoms with van der Waals surface area (Å²) >= 11 is 20.9. The quantitative estimate of drug-likeness (QED) is 0.153. The van der Waals surface area contributed by atoms with E-state index in [1.54, 1.807) is 48.5 Å². The van der Waals surface area contributed by atoms with Gasteiger partial charge in [-0.05, 0) is 91.1 Å². The molecule has 0 saturated carbocycles. The third-order valence-corrected chi connectivity index (χ3v) is 6.48. The number of nitrogens with one attached hydrogen (secondary N) is 2. The van der Waals surface area contributed by atoms with E-state index in [4.69, 9.17) is 44.3 Å². The molecule has 6 nitrogen and oxygen atoms in total. The number of halogens is 3. The number of amides is 1. The molecule has 2 N–H and O–H groups in total. The summed E-state index contributed by atoms with van der Waals surface area (Å²) in [7, 11) is 0. The van der Waals surface area contributed by atoms with Gasteiger partial charge in [-0.3, -0.25) is 10.1 Å². The van der Waals surface area contributed by atoms with Crippen LogP contribution >= 0.6 is 51.3 Å². The summed E-state index contributed by atoms with van der Waals surface area (Å²) in [6.45, 7) is 0. The maximum Gasteiger partial charge on any atom is 0.250 e. The van der Waals surface area contributed by atoms with Crippen LogP contribution in [0, 0.1) is 0 Å². The molecule has 0 unspecified atom stereocenters. The van der Waals surface area contributed by atoms with Gasteiger partial charge in [0.25, 0.3) is 0 Å². The number of benzene rings is 3. The molecule has 2 aromatic heterocycles. The van der Waals surface area contributed by atoms with Crippen molar-refractivity contribution in [1.82, 2.24) is 10.3 Å². The van der Waals surface area contributed by atoms with Gasteiger partial charge in [-0.25, -0.2) is 4.98 Å². The second-order valence-electron chi connectivity index (χ2n) is 7.81. The van der Waals surface area contributed by atoms with Crippen LogP contribution < -0.4 is 10.6 Å². The molecule has 0 saturated heterocycles. The number of hydrogen-bond donors (Lipinski definition) is 2. The average Bonchev–Trinajstić information content (AvgIpc) is 3.50. The van der Waals surface area contributed by atoms with Crippen LogP contribution in [0.25, 0.3) is 40.0 Å². The Balaban J connectivity index is 1.20. The van der Waals surface area contributed by atoms with Crippen molar-refractivity contribution in [3.63, 3.8) is 0 Å². The van der Waals surface area contributed by atoms with E-state index >= 15 is 0 Å². The first-order valence-electron chi connectivity index (χ1n) is 10.9. The molecule has 5 aromatic rings. The Hall–Kier alpha value is -3.43. The maximum atomic E-state index is 12.3. The number of furan rings is 1. The number of rotatable bonds is 5. The highest BCUT2D eigenvalue weighted by molar-refractivity contribution is 9.10. The highest BCUT2D eigenvalue weighted by Crippen LogP contribution is 2.32. The fraction of sp³-hybridized carbons (Fsp3) is 0. The highest BCUT2D eigenvalue weighted by atomic mass is 79.9. The summed E-state index contributed by atoms with van der Waals surface area (Å²) in [6.07, 6.45) is 2.86. The Labute approximate surface area is 235 Å². The van der Waals surface area contributed by atoms with Crippen LogP contribution in [0.4, 0.5) is 5.69 Å². The molecule has 0 radical (unpaired) electrons. The fourth-order valence-corrected chi connectivity index (χ4v) is 4.46. The lowest BCUT2D eigenvalue weighted by Crippen LogP contribution is -2.32. The first-order valence-corrected chi connectivity index (χ1v) is 12.8. The zero-order valence-electron chi connectivity index (χ0n) is 18.8. The predicted molar refractivity (Wildman–Crippen MR) is 155 cm³/mol. The first kappa shape index (κ1) is 25.2. The SMILES string of the molecule is O=C(/C=C/c1ccc(-c2ccc(Cl)cc2Cl)o1)NC(=S)Nc1ccc2oc(-c3ccc(Br)cc3)nc2c1. The van der Waals surface area contributed by atoms with E-state index in [0.717, 1.165) is 10.0 Å². The molecule has 0 bridgehead atoms. The van der Waals surface area contributed by atoms with E-state index in [9.17, 15) is 4.79 Å². The molecule has 10 heteroatoms. The second kappa shape index (κ2) is 10.9. The van der Waals surface area contributed by atoms with Crippen molar-refractivity contribution in [3.8, 4) is 22.8 Å². The topological polar surface area (TPSA) is 80.3 Å². The molecule has 0 atom stereocenters. The van der Waals surface area contributed by atoms with E-state index in [0.29, 0.717) is 49.8 Å². The Morgan fingerprint density at radius 2 is 1.78 bits per heavy atom. The molecular weight excluding hydrogens is 597 g/mol. The van der Waals surface area contributed by atoms with Gasteiger partial charge in [-0.2, -0.15) is 0 Å². The summed E-state index contributed by atoms with van der Waals surface area (Å²) in [5.41, 5.74) is 3.52. The molecule has 184 valence electrons. The van der Waals surface area contributed by atoms with Gasteiger partial charge in [-0.1, -0.05) is 39.1 Å². The highest BCUT2D eigenvalue weighted by Gasteiger charge is 2.11. The molecule has 5 rings (SSSR count). The normalized spacial score (nSPS) is 11.2. The number of carbonyl (C=O) groups excluding carboxylic acids is 1. The van der Waals surface area contributed by atoms with Crippen LogP contribution in [0.1, 0.15) is 5.76 Å². The standard InChI is InChI=1S/C27H16BrCl2N3O3S/c28-16-3-1-15(2-4-16)26-32-22-14-18(6-10-24(22)36-26)31-27(37)33-25(34)12-8-19-7-11-23(35-19)20-9-5-17(29)13-21(20)30/h1-14H,(H2,31,33,34,37)/b12-8+. The molecule has 0 fully saturated rings. The van der Waals surface area contributed by atoms with Crippen LogP contribution in [-0.2, 0) is 4.79 Å². The van der Waals surface area contributed by atoms with Gasteiger partial charge in [0.05, 0.1) is 5.02 Å². The van der Waals surface area contributed by atoms with Crippen molar-refractivity contribution >= 4 is 85.2 Å². The van der Waals surface area contributed by atoms with Gasteiger partial charge in [0.2, 0.25) is 11.8 Å². The molecule has 2 heterocycles. The summed E-state index contributed by atoms with van der Waals surface area (Å²) in [6, 6.07) is 21.7. The van der Waals surface area contributed by atoms with E-state index < -0.39 is 5.91 Å². The van der Waals surface area contributed by atoms with Crippen molar-refractivity contribution < 1.29 is 13.6 Å². The van der Waals surface area contributed by atoms with E-state index in [1.165, 1.54) is 12.2 Å². The number of aromatic nitrogens is 1. The zero-order chi connectivity index (χ0) is 25.9. The molecular formula is C27H16BrCl2N3O3S. The fourth-order valence-electron chi connectivity index (χ4n) is 3.47. The van der Waals surface area contributed by atoms with Gasteiger partial charge in [0.1, 0.15) is 17.0 Å². The van der Waals surface area contributed by atoms with Gasteiger partial charge in [-0.15, -0.1) is 0 Å². The minimum atomic E-state index is -0.417. The molecule has 0 aliphatic heterocycles. The molecule has 3 aromatic carbocycles. The van der Waals surface area contributed by atoms with Gasteiger partial charge in [0, 0.05) is 32.4 Å². The summed E-state index contributed by atoms with van der Waals surface area (Å²) < 4.78 is 12.6. The van der Waals surface area contributed by atoms with Crippen molar-refractivity contribution in [2.75, 3.05) is 5.32 Å². The summed E-state index contributed by atoms with van der Waals surface area (Å²) in [5, 5.41) is 6.74. The monoisotopic (exact) mass is 611 g/mol. The first-order chi connectivity index (χ1) is 17.8. The van der Waals surface area contributed by atoms with Gasteiger partial charge >= 0.3 is 0 Å². The maximum absolute atomic E-state index is 12.3. The van der Waals surface area contributed by atoms with E-state index in [2.05, 4.69) is 31.5 Å². The van der Waals surface area contributed by atoms with Crippen LogP contribution in [-0.4, -0.2) is 16.0 Å². The molecule has 0 aliphatic carbocycles. The lowest BCUT2D eigenvalue weighted by atomic mass is 10.2. The Bertz CT molecular complexity index is 1660. The van der Waals surface area contributed by atoms with E-state index in [1.807, 2.05) is 24.3 Å². The number of anilines is 1.